The molecule has 1 aromatic rings. The van der Waals surface area contributed by atoms with Crippen LogP contribution in [0.1, 0.15) is 35.2 Å². The van der Waals surface area contributed by atoms with Gasteiger partial charge in [-0.25, -0.2) is 4.79 Å². The Hall–Kier alpha value is -1.55. The van der Waals surface area contributed by atoms with Crippen molar-refractivity contribution in [3.63, 3.8) is 0 Å². The molecule has 1 aliphatic heterocycles. The Labute approximate surface area is 119 Å². The zero-order valence-electron chi connectivity index (χ0n) is 11.8. The summed E-state index contributed by atoms with van der Waals surface area (Å²) in [5, 5.41) is 9.22. The van der Waals surface area contributed by atoms with Crippen molar-refractivity contribution >= 4 is 5.97 Å². The first-order valence-corrected chi connectivity index (χ1v) is 7.30. The molecule has 1 saturated carbocycles. The summed E-state index contributed by atoms with van der Waals surface area (Å²) < 4.78 is 5.10. The van der Waals surface area contributed by atoms with E-state index in [0.29, 0.717) is 5.75 Å². The summed E-state index contributed by atoms with van der Waals surface area (Å²) >= 11 is 0. The van der Waals surface area contributed by atoms with Crippen molar-refractivity contribution < 1.29 is 14.6 Å². The lowest BCUT2D eigenvalue weighted by Gasteiger charge is -2.17. The largest absolute Gasteiger partial charge is 0.496 e. The quantitative estimate of drug-likeness (QED) is 0.917. The predicted octanol–water partition coefficient (Wildman–Crippen LogP) is 2.63. The number of likely N-dealkylation sites (tertiary alicyclic amines) is 1. The number of hydrogen-bond acceptors (Lipinski definition) is 3. The highest BCUT2D eigenvalue weighted by atomic mass is 16.5. The molecule has 1 aliphatic carbocycles. The highest BCUT2D eigenvalue weighted by molar-refractivity contribution is 5.91. The average molecular weight is 275 g/mol. The number of hydrogen-bond donors (Lipinski definition) is 1. The first-order valence-electron chi connectivity index (χ1n) is 7.30. The van der Waals surface area contributed by atoms with Crippen LogP contribution in [0.15, 0.2) is 18.2 Å². The van der Waals surface area contributed by atoms with Gasteiger partial charge in [-0.05, 0) is 42.4 Å². The third-order valence-electron chi connectivity index (χ3n) is 4.70. The van der Waals surface area contributed by atoms with Gasteiger partial charge in [0.15, 0.2) is 0 Å². The van der Waals surface area contributed by atoms with E-state index in [9.17, 15) is 9.90 Å². The van der Waals surface area contributed by atoms with Gasteiger partial charge in [-0.15, -0.1) is 0 Å². The molecule has 1 heterocycles. The summed E-state index contributed by atoms with van der Waals surface area (Å²) in [6, 6.07) is 5.48. The second-order valence-electron chi connectivity index (χ2n) is 5.98. The normalized spacial score (nSPS) is 25.6. The van der Waals surface area contributed by atoms with Gasteiger partial charge in [-0.2, -0.15) is 0 Å². The second-order valence-corrected chi connectivity index (χ2v) is 5.98. The van der Waals surface area contributed by atoms with E-state index < -0.39 is 5.97 Å². The first-order chi connectivity index (χ1) is 9.67. The zero-order valence-corrected chi connectivity index (χ0v) is 11.8. The Bertz CT molecular complexity index is 502. The van der Waals surface area contributed by atoms with Gasteiger partial charge >= 0.3 is 5.97 Å². The van der Waals surface area contributed by atoms with Gasteiger partial charge in [0.2, 0.25) is 0 Å². The minimum atomic E-state index is -0.929. The van der Waals surface area contributed by atoms with E-state index in [0.717, 1.165) is 23.9 Å². The van der Waals surface area contributed by atoms with E-state index in [1.807, 2.05) is 6.07 Å². The smallest absolute Gasteiger partial charge is 0.339 e. The van der Waals surface area contributed by atoms with Crippen molar-refractivity contribution in [1.29, 1.82) is 0 Å². The number of methoxy groups -OCH3 is 1. The number of nitrogens with zero attached hydrogens (tertiary/aromatic N) is 1. The van der Waals surface area contributed by atoms with E-state index in [1.54, 1.807) is 12.1 Å². The fourth-order valence-corrected chi connectivity index (χ4v) is 3.74. The van der Waals surface area contributed by atoms with Crippen molar-refractivity contribution in [3.8, 4) is 5.75 Å². The Morgan fingerprint density at radius 3 is 2.65 bits per heavy atom. The number of rotatable bonds is 4. The molecule has 0 aromatic heterocycles. The highest BCUT2D eigenvalue weighted by Gasteiger charge is 2.35. The molecule has 0 bridgehead atoms. The van der Waals surface area contributed by atoms with Gasteiger partial charge < -0.3 is 9.84 Å². The van der Waals surface area contributed by atoms with Crippen molar-refractivity contribution in [1.82, 2.24) is 4.90 Å². The number of fused-ring (bicyclic) bond motifs is 1. The molecular formula is C16H21NO3. The molecule has 3 rings (SSSR count). The summed E-state index contributed by atoms with van der Waals surface area (Å²) in [4.78, 5) is 13.7. The molecule has 1 aromatic carbocycles. The molecule has 2 atom stereocenters. The van der Waals surface area contributed by atoms with Crippen molar-refractivity contribution in [2.45, 2.75) is 25.8 Å². The third-order valence-corrected chi connectivity index (χ3v) is 4.70. The maximum absolute atomic E-state index is 11.2. The lowest BCUT2D eigenvalue weighted by atomic mass is 10.0. The fraction of sp³-hybridized carbons (Fsp3) is 0.562. The molecule has 4 heteroatoms. The van der Waals surface area contributed by atoms with Crippen LogP contribution in [0, 0.1) is 11.8 Å². The Morgan fingerprint density at radius 2 is 2.05 bits per heavy atom. The van der Waals surface area contributed by atoms with Gasteiger partial charge in [0.1, 0.15) is 11.3 Å². The number of benzene rings is 1. The Morgan fingerprint density at radius 1 is 1.35 bits per heavy atom. The summed E-state index contributed by atoms with van der Waals surface area (Å²) in [6.45, 7) is 3.18. The van der Waals surface area contributed by atoms with E-state index in [2.05, 4.69) is 4.90 Å². The predicted molar refractivity (Wildman–Crippen MR) is 76.1 cm³/mol. The van der Waals surface area contributed by atoms with Crippen LogP contribution in [0.25, 0.3) is 0 Å². The maximum Gasteiger partial charge on any atom is 0.339 e. The molecule has 2 unspecified atom stereocenters. The standard InChI is InChI=1S/C16H21NO3/c1-20-15-6-5-11(7-14(15)16(18)19)8-17-9-12-3-2-4-13(12)10-17/h5-7,12-13H,2-4,8-10H2,1H3,(H,18,19). The van der Waals surface area contributed by atoms with E-state index in [4.69, 9.17) is 4.74 Å². The summed E-state index contributed by atoms with van der Waals surface area (Å²) in [6.07, 6.45) is 4.11. The van der Waals surface area contributed by atoms with Gasteiger partial charge in [-0.3, -0.25) is 4.90 Å². The second kappa shape index (κ2) is 5.44. The van der Waals surface area contributed by atoms with E-state index >= 15 is 0 Å². The molecule has 0 spiro atoms. The fourth-order valence-electron chi connectivity index (χ4n) is 3.74. The molecule has 4 nitrogen and oxygen atoms in total. The lowest BCUT2D eigenvalue weighted by Crippen LogP contribution is -2.21. The minimum absolute atomic E-state index is 0.254. The third kappa shape index (κ3) is 2.52. The van der Waals surface area contributed by atoms with E-state index in [-0.39, 0.29) is 5.56 Å². The van der Waals surface area contributed by atoms with Gasteiger partial charge in [-0.1, -0.05) is 12.5 Å². The van der Waals surface area contributed by atoms with Gasteiger partial charge in [0, 0.05) is 19.6 Å². The van der Waals surface area contributed by atoms with Crippen LogP contribution in [0.5, 0.6) is 5.75 Å². The summed E-state index contributed by atoms with van der Waals surface area (Å²) in [5.41, 5.74) is 1.31. The topological polar surface area (TPSA) is 49.8 Å². The average Bonchev–Trinajstić information content (AvgIpc) is 2.99. The number of carboxylic acid groups (broad SMARTS) is 1. The molecule has 2 aliphatic rings. The molecule has 0 amide bonds. The van der Waals surface area contributed by atoms with Crippen LogP contribution in [-0.4, -0.2) is 36.2 Å². The van der Waals surface area contributed by atoms with Crippen molar-refractivity contribution in [3.05, 3.63) is 29.3 Å². The molecule has 0 radical (unpaired) electrons. The van der Waals surface area contributed by atoms with Crippen molar-refractivity contribution in [2.24, 2.45) is 11.8 Å². The summed E-state index contributed by atoms with van der Waals surface area (Å²) in [7, 11) is 1.50. The maximum atomic E-state index is 11.2. The SMILES string of the molecule is COc1ccc(CN2CC3CCCC3C2)cc1C(=O)O. The monoisotopic (exact) mass is 275 g/mol. The molecule has 1 saturated heterocycles. The van der Waals surface area contributed by atoms with Crippen LogP contribution in [-0.2, 0) is 6.54 Å². The summed E-state index contributed by atoms with van der Waals surface area (Å²) in [5.74, 6) is 1.24. The molecule has 20 heavy (non-hydrogen) atoms. The lowest BCUT2D eigenvalue weighted by molar-refractivity contribution is 0.0693. The Kier molecular flexibility index (Phi) is 3.66. The van der Waals surface area contributed by atoms with Crippen LogP contribution in [0.2, 0.25) is 0 Å². The number of ether oxygens (including phenoxy) is 1. The molecule has 108 valence electrons. The van der Waals surface area contributed by atoms with Crippen LogP contribution >= 0.6 is 0 Å². The van der Waals surface area contributed by atoms with Gasteiger partial charge in [0.25, 0.3) is 0 Å². The molecular weight excluding hydrogens is 254 g/mol. The molecule has 1 N–H and O–H groups in total. The minimum Gasteiger partial charge on any atom is -0.496 e. The van der Waals surface area contributed by atoms with Crippen LogP contribution in [0.3, 0.4) is 0 Å². The van der Waals surface area contributed by atoms with Crippen LogP contribution in [0.4, 0.5) is 0 Å². The van der Waals surface area contributed by atoms with E-state index in [1.165, 1.54) is 39.5 Å². The first kappa shape index (κ1) is 13.4. The zero-order chi connectivity index (χ0) is 14.1. The number of aromatic carboxylic acids is 1. The highest BCUT2D eigenvalue weighted by Crippen LogP contribution is 2.38. The molecule has 2 fully saturated rings. The number of carboxylic acids is 1. The van der Waals surface area contributed by atoms with Gasteiger partial charge in [0.05, 0.1) is 7.11 Å². The number of carbonyl (C=O) groups is 1. The van der Waals surface area contributed by atoms with Crippen molar-refractivity contribution in [2.75, 3.05) is 20.2 Å². The van der Waals surface area contributed by atoms with Crippen LogP contribution < -0.4 is 4.74 Å². The Balaban J connectivity index is 1.72.